The summed E-state index contributed by atoms with van der Waals surface area (Å²) < 4.78 is 0. The van der Waals surface area contributed by atoms with Crippen LogP contribution in [0.15, 0.2) is 131 Å². The molecule has 4 aromatic rings. The molecule has 4 aromatic carbocycles. The third-order valence-electron chi connectivity index (χ3n) is 9.91. The van der Waals surface area contributed by atoms with Gasteiger partial charge in [0.05, 0.1) is 12.1 Å². The zero-order valence-corrected chi connectivity index (χ0v) is 24.4. The van der Waals surface area contributed by atoms with Crippen molar-refractivity contribution in [3.63, 3.8) is 0 Å². The number of benzene rings is 4. The molecular formula is C38H36N2O2. The molecule has 42 heavy (non-hydrogen) atoms. The molecule has 0 unspecified atom stereocenters. The predicted octanol–water partition coefficient (Wildman–Crippen LogP) is 7.92. The van der Waals surface area contributed by atoms with Gasteiger partial charge >= 0.3 is 0 Å². The van der Waals surface area contributed by atoms with E-state index in [-0.39, 0.29) is 40.4 Å². The van der Waals surface area contributed by atoms with E-state index in [4.69, 9.17) is 9.98 Å². The zero-order chi connectivity index (χ0) is 29.3. The normalized spacial score (nSPS) is 24.9. The molecular weight excluding hydrogens is 516 g/mol. The van der Waals surface area contributed by atoms with Crippen molar-refractivity contribution in [2.45, 2.75) is 45.7 Å². The van der Waals surface area contributed by atoms with Gasteiger partial charge in [-0.3, -0.25) is 19.6 Å². The molecule has 2 aliphatic carbocycles. The van der Waals surface area contributed by atoms with Crippen LogP contribution < -0.4 is 0 Å². The van der Waals surface area contributed by atoms with Crippen molar-refractivity contribution in [1.82, 2.24) is 0 Å². The van der Waals surface area contributed by atoms with Gasteiger partial charge in [0.2, 0.25) is 11.6 Å². The van der Waals surface area contributed by atoms with Gasteiger partial charge in [0, 0.05) is 22.3 Å². The van der Waals surface area contributed by atoms with Crippen molar-refractivity contribution >= 4 is 23.0 Å². The second-order valence-electron chi connectivity index (χ2n) is 12.3. The maximum atomic E-state index is 14.0. The molecule has 2 bridgehead atoms. The van der Waals surface area contributed by atoms with Gasteiger partial charge < -0.3 is 0 Å². The quantitative estimate of drug-likeness (QED) is 0.165. The molecule has 4 atom stereocenters. The second-order valence-corrected chi connectivity index (χ2v) is 12.3. The molecule has 2 fully saturated rings. The molecule has 4 nitrogen and oxygen atoms in total. The number of ketones is 2. The first-order chi connectivity index (χ1) is 20.3. The first-order valence-electron chi connectivity index (χ1n) is 14.8. The lowest BCUT2D eigenvalue weighted by Gasteiger charge is -2.38. The summed E-state index contributed by atoms with van der Waals surface area (Å²) in [7, 11) is 0. The van der Waals surface area contributed by atoms with Crippen LogP contribution in [0.2, 0.25) is 0 Å². The van der Waals surface area contributed by atoms with E-state index in [1.165, 1.54) is 0 Å². The fourth-order valence-corrected chi connectivity index (χ4v) is 7.13. The smallest absolute Gasteiger partial charge is 0.211 e. The predicted molar refractivity (Wildman–Crippen MR) is 170 cm³/mol. The number of hydrogen-bond donors (Lipinski definition) is 0. The highest BCUT2D eigenvalue weighted by molar-refractivity contribution is 6.52. The molecule has 210 valence electrons. The van der Waals surface area contributed by atoms with E-state index in [1.807, 2.05) is 121 Å². The van der Waals surface area contributed by atoms with E-state index in [9.17, 15) is 9.59 Å². The van der Waals surface area contributed by atoms with Crippen molar-refractivity contribution in [3.05, 3.63) is 144 Å². The van der Waals surface area contributed by atoms with Gasteiger partial charge in [0.15, 0.2) is 0 Å². The molecule has 0 heterocycles. The first kappa shape index (κ1) is 27.7. The van der Waals surface area contributed by atoms with Crippen molar-refractivity contribution < 1.29 is 9.59 Å². The molecule has 0 N–H and O–H groups in total. The minimum Gasteiger partial charge on any atom is -0.287 e. The topological polar surface area (TPSA) is 58.9 Å². The van der Waals surface area contributed by atoms with E-state index in [0.29, 0.717) is 22.6 Å². The number of fused-ring (bicyclic) bond motifs is 2. The summed E-state index contributed by atoms with van der Waals surface area (Å²) >= 11 is 0. The van der Waals surface area contributed by atoms with Crippen LogP contribution in [0.3, 0.4) is 0 Å². The molecule has 0 spiro atoms. The van der Waals surface area contributed by atoms with Crippen molar-refractivity contribution in [1.29, 1.82) is 0 Å². The highest BCUT2D eigenvalue weighted by Crippen LogP contribution is 2.67. The lowest BCUT2D eigenvalue weighted by Crippen LogP contribution is -2.40. The molecule has 6 rings (SSSR count). The molecule has 2 saturated carbocycles. The average Bonchev–Trinajstić information content (AvgIpc) is 3.36. The molecule has 0 aliphatic heterocycles. The number of aliphatic imine (C=N–C) groups is 2. The van der Waals surface area contributed by atoms with E-state index in [1.54, 1.807) is 0 Å². The number of carbonyl (C=O) groups excluding carboxylic acids is 2. The maximum Gasteiger partial charge on any atom is 0.211 e. The second kappa shape index (κ2) is 11.1. The van der Waals surface area contributed by atoms with Gasteiger partial charge in [-0.25, -0.2) is 0 Å². The Kier molecular flexibility index (Phi) is 7.32. The van der Waals surface area contributed by atoms with Crippen LogP contribution >= 0.6 is 0 Å². The maximum absolute atomic E-state index is 14.0. The number of nitrogens with zero attached hydrogens (tertiary/aromatic N) is 2. The van der Waals surface area contributed by atoms with Crippen molar-refractivity contribution in [2.24, 2.45) is 26.7 Å². The summed E-state index contributed by atoms with van der Waals surface area (Å²) in [6.07, 6.45) is 2.01. The summed E-state index contributed by atoms with van der Waals surface area (Å²) in [6, 6.07) is 37.7. The van der Waals surface area contributed by atoms with E-state index in [0.717, 1.165) is 24.0 Å². The number of carbonyl (C=O) groups is 2. The van der Waals surface area contributed by atoms with Crippen LogP contribution in [0.25, 0.3) is 0 Å². The summed E-state index contributed by atoms with van der Waals surface area (Å²) in [6.45, 7) is 6.92. The van der Waals surface area contributed by atoms with Gasteiger partial charge in [-0.2, -0.15) is 0 Å². The van der Waals surface area contributed by atoms with Gasteiger partial charge in [0.1, 0.15) is 11.4 Å². The monoisotopic (exact) mass is 552 g/mol. The van der Waals surface area contributed by atoms with Crippen LogP contribution in [0.5, 0.6) is 0 Å². The number of Topliss-reactive ketones (excluding diaryl/α,β-unsaturated/α-hetero) is 2. The Morgan fingerprint density at radius 2 is 0.952 bits per heavy atom. The van der Waals surface area contributed by atoms with Crippen LogP contribution in [0, 0.1) is 16.7 Å². The Balaban J connectivity index is 1.53. The minimum absolute atomic E-state index is 0.0789. The first-order valence-corrected chi connectivity index (χ1v) is 14.8. The Hall–Kier alpha value is -4.44. The Bertz CT molecular complexity index is 1640. The van der Waals surface area contributed by atoms with Crippen LogP contribution in [0.1, 0.15) is 65.5 Å². The number of hydrogen-bond acceptors (Lipinski definition) is 4. The third-order valence-corrected chi connectivity index (χ3v) is 9.91. The van der Waals surface area contributed by atoms with Gasteiger partial charge in [-0.05, 0) is 29.6 Å². The highest BCUT2D eigenvalue weighted by Gasteiger charge is 2.66. The van der Waals surface area contributed by atoms with Crippen molar-refractivity contribution in [2.75, 3.05) is 0 Å². The largest absolute Gasteiger partial charge is 0.287 e. The van der Waals surface area contributed by atoms with Gasteiger partial charge in [-0.15, -0.1) is 0 Å². The van der Waals surface area contributed by atoms with E-state index < -0.39 is 0 Å². The van der Waals surface area contributed by atoms with Crippen LogP contribution in [-0.4, -0.2) is 35.1 Å². The zero-order valence-electron chi connectivity index (χ0n) is 24.4. The molecule has 0 amide bonds. The van der Waals surface area contributed by atoms with Crippen LogP contribution in [-0.2, 0) is 0 Å². The summed E-state index contributed by atoms with van der Waals surface area (Å²) in [5.41, 5.74) is 3.44. The average molecular weight is 553 g/mol. The van der Waals surface area contributed by atoms with Crippen molar-refractivity contribution in [3.8, 4) is 0 Å². The molecule has 2 aliphatic rings. The van der Waals surface area contributed by atoms with E-state index >= 15 is 0 Å². The minimum atomic E-state index is -0.267. The SMILES string of the molecule is CC1(C)[C@H]2CC[C@@]1(C)[C@H](N=C(C(=O)c1ccccc1)c1ccccc1)[C@@H]2N=C(C(=O)c1ccccc1)c1ccccc1. The fraction of sp³-hybridized carbons (Fsp3) is 0.263. The molecule has 0 saturated heterocycles. The Labute approximate surface area is 248 Å². The van der Waals surface area contributed by atoms with Gasteiger partial charge in [0.25, 0.3) is 0 Å². The number of rotatable bonds is 8. The Morgan fingerprint density at radius 3 is 1.38 bits per heavy atom. The van der Waals surface area contributed by atoms with E-state index in [2.05, 4.69) is 20.8 Å². The third kappa shape index (κ3) is 4.75. The summed E-state index contributed by atoms with van der Waals surface area (Å²) in [4.78, 5) is 38.8. The molecule has 0 radical (unpaired) electrons. The van der Waals surface area contributed by atoms with Crippen LogP contribution in [0.4, 0.5) is 0 Å². The molecule has 0 aromatic heterocycles. The summed E-state index contributed by atoms with van der Waals surface area (Å²) in [5, 5.41) is 0. The standard InChI is InChI=1S/C38H36N2O2/c1-37(2)30-24-25-38(37,3)36(40-32(27-18-10-5-11-19-27)35(42)29-22-14-7-15-23-29)33(30)39-31(26-16-8-4-9-17-26)34(41)28-20-12-6-13-21-28/h4-23,30,33,36H,24-25H2,1-3H3/t30-,33+,36+,38-/m0/s1. The molecule has 4 heteroatoms. The lowest BCUT2D eigenvalue weighted by molar-refractivity contribution is 0.105. The van der Waals surface area contributed by atoms with Gasteiger partial charge in [-0.1, -0.05) is 142 Å². The lowest BCUT2D eigenvalue weighted by atomic mass is 9.69. The summed E-state index contributed by atoms with van der Waals surface area (Å²) in [5.74, 6) is 0.0265. The fourth-order valence-electron chi connectivity index (χ4n) is 7.13. The Morgan fingerprint density at radius 1 is 0.571 bits per heavy atom. The highest BCUT2D eigenvalue weighted by atomic mass is 16.1.